The Morgan fingerprint density at radius 1 is 1.14 bits per heavy atom. The summed E-state index contributed by atoms with van der Waals surface area (Å²) >= 11 is 0. The van der Waals surface area contributed by atoms with E-state index in [9.17, 15) is 4.39 Å². The third-order valence-corrected chi connectivity index (χ3v) is 5.70. The minimum atomic E-state index is -0.190. The number of nitrogens with zero attached hydrogens (tertiary/aromatic N) is 2. The zero-order chi connectivity index (χ0) is 19.0. The molecular formula is C21H34FIN4O. The van der Waals surface area contributed by atoms with Gasteiger partial charge in [-0.25, -0.2) is 4.39 Å². The normalized spacial score (nSPS) is 19.9. The van der Waals surface area contributed by atoms with Crippen LogP contribution in [0.4, 0.5) is 4.39 Å². The molecule has 2 fully saturated rings. The van der Waals surface area contributed by atoms with E-state index in [1.807, 2.05) is 12.1 Å². The first-order valence-electron chi connectivity index (χ1n) is 10.3. The highest BCUT2D eigenvalue weighted by molar-refractivity contribution is 14.0. The topological polar surface area (TPSA) is 48.9 Å². The molecule has 0 radical (unpaired) electrons. The van der Waals surface area contributed by atoms with Gasteiger partial charge in [-0.05, 0) is 69.8 Å². The molecule has 2 heterocycles. The van der Waals surface area contributed by atoms with Crippen LogP contribution in [-0.4, -0.2) is 62.3 Å². The molecule has 28 heavy (non-hydrogen) atoms. The van der Waals surface area contributed by atoms with Crippen molar-refractivity contribution in [3.8, 4) is 0 Å². The fraction of sp³-hybridized carbons (Fsp3) is 0.667. The molecule has 2 aliphatic heterocycles. The number of nitrogens with one attached hydrogen (secondary N) is 2. The predicted molar refractivity (Wildman–Crippen MR) is 123 cm³/mol. The van der Waals surface area contributed by atoms with Gasteiger partial charge in [-0.2, -0.15) is 0 Å². The summed E-state index contributed by atoms with van der Waals surface area (Å²) in [6, 6.07) is 6.70. The third kappa shape index (κ3) is 6.56. The number of rotatable bonds is 7. The van der Waals surface area contributed by atoms with Crippen LogP contribution < -0.4 is 10.6 Å². The molecular weight excluding hydrogens is 470 g/mol. The molecule has 0 spiro atoms. The molecule has 2 saturated heterocycles. The number of likely N-dealkylation sites (tertiary alicyclic amines) is 1. The van der Waals surface area contributed by atoms with Gasteiger partial charge in [-0.15, -0.1) is 24.0 Å². The maximum Gasteiger partial charge on any atom is 0.191 e. The summed E-state index contributed by atoms with van der Waals surface area (Å²) in [4.78, 5) is 7.58. The number of guanidine groups is 1. The summed E-state index contributed by atoms with van der Waals surface area (Å²) in [7, 11) is 0. The Kier molecular flexibility index (Phi) is 9.94. The first-order chi connectivity index (χ1) is 13.2. The van der Waals surface area contributed by atoms with E-state index in [1.165, 1.54) is 38.1 Å². The van der Waals surface area contributed by atoms with Crippen molar-refractivity contribution in [2.45, 2.75) is 44.6 Å². The highest BCUT2D eigenvalue weighted by Crippen LogP contribution is 2.31. The maximum absolute atomic E-state index is 13.0. The van der Waals surface area contributed by atoms with Gasteiger partial charge in [-0.1, -0.05) is 12.1 Å². The summed E-state index contributed by atoms with van der Waals surface area (Å²) in [6.07, 6.45) is 5.55. The van der Waals surface area contributed by atoms with Gasteiger partial charge in [0.2, 0.25) is 0 Å². The minimum Gasteiger partial charge on any atom is -0.381 e. The van der Waals surface area contributed by atoms with E-state index in [4.69, 9.17) is 9.73 Å². The molecule has 2 N–H and O–H groups in total. The molecule has 0 aromatic heterocycles. The van der Waals surface area contributed by atoms with Crippen LogP contribution >= 0.6 is 24.0 Å². The highest BCUT2D eigenvalue weighted by Gasteiger charge is 2.39. The molecule has 2 aliphatic rings. The third-order valence-electron chi connectivity index (χ3n) is 5.70. The van der Waals surface area contributed by atoms with Gasteiger partial charge in [0.15, 0.2) is 5.96 Å². The molecule has 0 unspecified atom stereocenters. The van der Waals surface area contributed by atoms with Gasteiger partial charge >= 0.3 is 0 Å². The fourth-order valence-electron chi connectivity index (χ4n) is 4.06. The summed E-state index contributed by atoms with van der Waals surface area (Å²) in [6.45, 7) is 8.54. The molecule has 0 atom stereocenters. The van der Waals surface area contributed by atoms with Crippen molar-refractivity contribution in [2.75, 3.05) is 45.9 Å². The van der Waals surface area contributed by atoms with E-state index in [1.54, 1.807) is 0 Å². The lowest BCUT2D eigenvalue weighted by Gasteiger charge is -2.43. The molecule has 158 valence electrons. The standard InChI is InChI=1S/C21H33FN4O.HI/c1-2-23-20(24-12-9-18-5-7-19(22)8-6-18)25-17-21(10-15-27-16-11-21)26-13-3-4-14-26;/h5-8H,2-4,9-17H2,1H3,(H2,23,24,25);1H. The molecule has 1 aromatic carbocycles. The number of ether oxygens (including phenoxy) is 1. The van der Waals surface area contributed by atoms with Crippen LogP contribution in [0.1, 0.15) is 38.2 Å². The van der Waals surface area contributed by atoms with Crippen LogP contribution in [0.15, 0.2) is 29.3 Å². The lowest BCUT2D eigenvalue weighted by atomic mass is 9.88. The molecule has 3 rings (SSSR count). The maximum atomic E-state index is 13.0. The average Bonchev–Trinajstić information content (AvgIpc) is 3.24. The fourth-order valence-corrected chi connectivity index (χ4v) is 4.06. The number of aliphatic imine (C=N–C) groups is 1. The average molecular weight is 504 g/mol. The Labute approximate surface area is 185 Å². The number of hydrogen-bond acceptors (Lipinski definition) is 3. The first-order valence-corrected chi connectivity index (χ1v) is 10.3. The Morgan fingerprint density at radius 3 is 2.46 bits per heavy atom. The second kappa shape index (κ2) is 11.9. The van der Waals surface area contributed by atoms with Crippen molar-refractivity contribution in [1.82, 2.24) is 15.5 Å². The molecule has 1 aromatic rings. The van der Waals surface area contributed by atoms with Crippen LogP contribution in [0.5, 0.6) is 0 Å². The second-order valence-electron chi connectivity index (χ2n) is 7.53. The zero-order valence-electron chi connectivity index (χ0n) is 16.9. The van der Waals surface area contributed by atoms with E-state index in [0.29, 0.717) is 0 Å². The van der Waals surface area contributed by atoms with Gasteiger partial charge in [0, 0.05) is 31.8 Å². The lowest BCUT2D eigenvalue weighted by molar-refractivity contribution is -0.0139. The van der Waals surface area contributed by atoms with Crippen molar-refractivity contribution in [2.24, 2.45) is 4.99 Å². The Balaban J connectivity index is 0.00000280. The Morgan fingerprint density at radius 2 is 1.82 bits per heavy atom. The van der Waals surface area contributed by atoms with Crippen LogP contribution in [0.2, 0.25) is 0 Å². The van der Waals surface area contributed by atoms with E-state index in [0.717, 1.165) is 63.6 Å². The van der Waals surface area contributed by atoms with E-state index < -0.39 is 0 Å². The smallest absolute Gasteiger partial charge is 0.191 e. The lowest BCUT2D eigenvalue weighted by Crippen LogP contribution is -2.54. The predicted octanol–water partition coefficient (Wildman–Crippen LogP) is 3.19. The van der Waals surface area contributed by atoms with E-state index in [2.05, 4.69) is 22.5 Å². The van der Waals surface area contributed by atoms with Crippen LogP contribution in [0, 0.1) is 5.82 Å². The Bertz CT molecular complexity index is 599. The number of benzene rings is 1. The van der Waals surface area contributed by atoms with Crippen molar-refractivity contribution in [3.05, 3.63) is 35.6 Å². The number of halogens is 2. The largest absolute Gasteiger partial charge is 0.381 e. The SMILES string of the molecule is CCNC(=NCC1(N2CCCC2)CCOCC1)NCCc1ccc(F)cc1.I. The zero-order valence-corrected chi connectivity index (χ0v) is 19.2. The van der Waals surface area contributed by atoms with Gasteiger partial charge in [-0.3, -0.25) is 9.89 Å². The molecule has 5 nitrogen and oxygen atoms in total. The first kappa shape index (κ1) is 23.3. The van der Waals surface area contributed by atoms with Crippen LogP contribution in [0.3, 0.4) is 0 Å². The molecule has 7 heteroatoms. The Hall–Kier alpha value is -0.930. The summed E-state index contributed by atoms with van der Waals surface area (Å²) in [5, 5.41) is 6.78. The number of hydrogen-bond donors (Lipinski definition) is 2. The van der Waals surface area contributed by atoms with E-state index >= 15 is 0 Å². The van der Waals surface area contributed by atoms with Gasteiger partial charge in [0.1, 0.15) is 5.82 Å². The quantitative estimate of drug-likeness (QED) is 0.340. The molecule has 0 aliphatic carbocycles. The van der Waals surface area contributed by atoms with Gasteiger partial charge in [0.05, 0.1) is 6.54 Å². The monoisotopic (exact) mass is 504 g/mol. The van der Waals surface area contributed by atoms with Crippen molar-refractivity contribution in [1.29, 1.82) is 0 Å². The van der Waals surface area contributed by atoms with Gasteiger partial charge in [0.25, 0.3) is 0 Å². The molecule has 0 bridgehead atoms. The van der Waals surface area contributed by atoms with Gasteiger partial charge < -0.3 is 15.4 Å². The summed E-state index contributed by atoms with van der Waals surface area (Å²) in [5.74, 6) is 0.676. The summed E-state index contributed by atoms with van der Waals surface area (Å²) in [5.41, 5.74) is 1.27. The van der Waals surface area contributed by atoms with Crippen molar-refractivity contribution in [3.63, 3.8) is 0 Å². The molecule has 0 amide bonds. The van der Waals surface area contributed by atoms with Crippen LogP contribution in [-0.2, 0) is 11.2 Å². The minimum absolute atomic E-state index is 0. The summed E-state index contributed by atoms with van der Waals surface area (Å²) < 4.78 is 18.6. The molecule has 0 saturated carbocycles. The van der Waals surface area contributed by atoms with Crippen molar-refractivity contribution < 1.29 is 9.13 Å². The highest BCUT2D eigenvalue weighted by atomic mass is 127. The van der Waals surface area contributed by atoms with Crippen LogP contribution in [0.25, 0.3) is 0 Å². The van der Waals surface area contributed by atoms with E-state index in [-0.39, 0.29) is 35.3 Å². The second-order valence-corrected chi connectivity index (χ2v) is 7.53. The van der Waals surface area contributed by atoms with Crippen molar-refractivity contribution >= 4 is 29.9 Å².